The Balaban J connectivity index is 1.72. The van der Waals surface area contributed by atoms with Gasteiger partial charge in [0.2, 0.25) is 5.88 Å². The first kappa shape index (κ1) is 13.8. The quantitative estimate of drug-likeness (QED) is 0.912. The van der Waals surface area contributed by atoms with Crippen molar-refractivity contribution in [3.63, 3.8) is 0 Å². The van der Waals surface area contributed by atoms with Gasteiger partial charge in [-0.2, -0.15) is 0 Å². The minimum absolute atomic E-state index is 0.608. The lowest BCUT2D eigenvalue weighted by molar-refractivity contribution is 0.188. The normalized spacial score (nSPS) is 28.1. The van der Waals surface area contributed by atoms with Gasteiger partial charge in [-0.25, -0.2) is 4.98 Å². The van der Waals surface area contributed by atoms with E-state index in [1.54, 1.807) is 13.3 Å². The molecule has 0 aromatic carbocycles. The Kier molecular flexibility index (Phi) is 4.22. The number of nitrogens with zero attached hydrogens (tertiary/aromatic N) is 2. The highest BCUT2D eigenvalue weighted by molar-refractivity contribution is 5.25. The van der Waals surface area contributed by atoms with Crippen molar-refractivity contribution in [3.05, 3.63) is 23.9 Å². The van der Waals surface area contributed by atoms with Crippen LogP contribution in [-0.4, -0.2) is 42.2 Å². The number of rotatable bonds is 4. The summed E-state index contributed by atoms with van der Waals surface area (Å²) in [5, 5.41) is 3.73. The molecule has 20 heavy (non-hydrogen) atoms. The number of aromatic nitrogens is 1. The van der Waals surface area contributed by atoms with Crippen molar-refractivity contribution in [2.45, 2.75) is 44.8 Å². The molecule has 1 saturated heterocycles. The summed E-state index contributed by atoms with van der Waals surface area (Å²) < 4.78 is 5.39. The van der Waals surface area contributed by atoms with Gasteiger partial charge in [0.1, 0.15) is 0 Å². The lowest BCUT2D eigenvalue weighted by Crippen LogP contribution is -2.41. The maximum Gasteiger partial charge on any atom is 0.217 e. The highest BCUT2D eigenvalue weighted by atomic mass is 16.5. The summed E-state index contributed by atoms with van der Waals surface area (Å²) in [5.41, 5.74) is 1.19. The second-order valence-corrected chi connectivity index (χ2v) is 6.14. The third-order valence-corrected chi connectivity index (χ3v) is 4.63. The number of pyridine rings is 1. The molecule has 2 unspecified atom stereocenters. The average molecular weight is 275 g/mol. The fraction of sp³-hybridized carbons (Fsp3) is 0.688. The lowest BCUT2D eigenvalue weighted by atomic mass is 10.1. The van der Waals surface area contributed by atoms with Gasteiger partial charge in [0.15, 0.2) is 0 Å². The van der Waals surface area contributed by atoms with Crippen LogP contribution in [0.2, 0.25) is 0 Å². The van der Waals surface area contributed by atoms with Gasteiger partial charge in [-0.15, -0.1) is 0 Å². The van der Waals surface area contributed by atoms with Crippen LogP contribution in [0, 0.1) is 5.92 Å². The summed E-state index contributed by atoms with van der Waals surface area (Å²) in [6.45, 7) is 5.55. The zero-order valence-electron chi connectivity index (χ0n) is 12.5. The molecular weight excluding hydrogens is 250 g/mol. The molecule has 110 valence electrons. The highest BCUT2D eigenvalue weighted by Gasteiger charge is 2.34. The van der Waals surface area contributed by atoms with Gasteiger partial charge in [-0.05, 0) is 44.7 Å². The number of nitrogens with one attached hydrogen (secondary N) is 1. The van der Waals surface area contributed by atoms with Crippen LogP contribution in [0.4, 0.5) is 0 Å². The Morgan fingerprint density at radius 2 is 2.25 bits per heavy atom. The van der Waals surface area contributed by atoms with E-state index in [2.05, 4.69) is 28.2 Å². The van der Waals surface area contributed by atoms with Gasteiger partial charge < -0.3 is 10.1 Å². The molecular formula is C16H25N3O. The Morgan fingerprint density at radius 1 is 1.40 bits per heavy atom. The highest BCUT2D eigenvalue weighted by Crippen LogP contribution is 2.34. The third kappa shape index (κ3) is 3.13. The molecule has 0 radical (unpaired) electrons. The third-order valence-electron chi connectivity index (χ3n) is 4.63. The molecule has 1 aliphatic carbocycles. The number of hydrogen-bond acceptors (Lipinski definition) is 4. The maximum absolute atomic E-state index is 5.39. The molecule has 2 atom stereocenters. The molecule has 1 aromatic rings. The zero-order chi connectivity index (χ0) is 13.9. The van der Waals surface area contributed by atoms with Crippen LogP contribution < -0.4 is 10.1 Å². The molecule has 0 bridgehead atoms. The fourth-order valence-corrected chi connectivity index (χ4v) is 3.14. The lowest BCUT2D eigenvalue weighted by Gasteiger charge is -2.29. The van der Waals surface area contributed by atoms with E-state index in [1.807, 2.05) is 6.07 Å². The van der Waals surface area contributed by atoms with E-state index in [0.29, 0.717) is 12.1 Å². The van der Waals surface area contributed by atoms with E-state index in [1.165, 1.54) is 24.8 Å². The first-order valence-electron chi connectivity index (χ1n) is 7.73. The molecule has 2 fully saturated rings. The van der Waals surface area contributed by atoms with Gasteiger partial charge >= 0.3 is 0 Å². The van der Waals surface area contributed by atoms with E-state index in [4.69, 9.17) is 4.74 Å². The minimum Gasteiger partial charge on any atom is -0.481 e. The second kappa shape index (κ2) is 6.10. The maximum atomic E-state index is 5.39. The van der Waals surface area contributed by atoms with Crippen LogP contribution in [0.25, 0.3) is 0 Å². The molecule has 1 aliphatic heterocycles. The first-order valence-corrected chi connectivity index (χ1v) is 7.73. The molecule has 0 spiro atoms. The molecule has 0 amide bonds. The largest absolute Gasteiger partial charge is 0.481 e. The van der Waals surface area contributed by atoms with Crippen molar-refractivity contribution in [2.24, 2.45) is 5.92 Å². The minimum atomic E-state index is 0.608. The predicted octanol–water partition coefficient (Wildman–Crippen LogP) is 2.05. The number of ether oxygens (including phenoxy) is 1. The first-order chi connectivity index (χ1) is 9.78. The van der Waals surface area contributed by atoms with Crippen LogP contribution in [0.5, 0.6) is 5.88 Å². The van der Waals surface area contributed by atoms with Crippen molar-refractivity contribution in [2.75, 3.05) is 20.2 Å². The summed E-state index contributed by atoms with van der Waals surface area (Å²) in [4.78, 5) is 6.90. The predicted molar refractivity (Wildman–Crippen MR) is 79.8 cm³/mol. The van der Waals surface area contributed by atoms with E-state index < -0.39 is 0 Å². The van der Waals surface area contributed by atoms with Crippen molar-refractivity contribution >= 4 is 0 Å². The topological polar surface area (TPSA) is 37.4 Å². The van der Waals surface area contributed by atoms with Crippen LogP contribution in [0.15, 0.2) is 18.3 Å². The molecule has 3 rings (SSSR count). The molecule has 4 nitrogen and oxygen atoms in total. The molecule has 2 heterocycles. The van der Waals surface area contributed by atoms with Crippen molar-refractivity contribution < 1.29 is 4.74 Å². The summed E-state index contributed by atoms with van der Waals surface area (Å²) in [5.74, 6) is 1.67. The van der Waals surface area contributed by atoms with Gasteiger partial charge in [-0.1, -0.05) is 6.07 Å². The summed E-state index contributed by atoms with van der Waals surface area (Å²) >= 11 is 0. The summed E-state index contributed by atoms with van der Waals surface area (Å²) in [6, 6.07) is 5.40. The molecule has 1 N–H and O–H groups in total. The van der Waals surface area contributed by atoms with Gasteiger partial charge in [0, 0.05) is 36.9 Å². The standard InChI is InChI=1S/C16H25N3O/c1-12-7-9-17-15(13-5-6-13)11-19(12)10-14-4-3-8-18-16(14)20-2/h3-4,8,12-13,15,17H,5-7,9-11H2,1-2H3. The van der Waals surface area contributed by atoms with E-state index in [0.717, 1.165) is 31.4 Å². The Bertz CT molecular complexity index is 447. The summed E-state index contributed by atoms with van der Waals surface area (Å²) in [6.07, 6.45) is 5.81. The van der Waals surface area contributed by atoms with Crippen molar-refractivity contribution in [1.29, 1.82) is 0 Å². The van der Waals surface area contributed by atoms with Crippen LogP contribution in [0.3, 0.4) is 0 Å². The molecule has 2 aliphatic rings. The zero-order valence-corrected chi connectivity index (χ0v) is 12.5. The van der Waals surface area contributed by atoms with Gasteiger partial charge in [-0.3, -0.25) is 4.90 Å². The smallest absolute Gasteiger partial charge is 0.217 e. The SMILES string of the molecule is COc1ncccc1CN1CC(C2CC2)NCCC1C. The Morgan fingerprint density at radius 3 is 3.00 bits per heavy atom. The van der Waals surface area contributed by atoms with Gasteiger partial charge in [0.25, 0.3) is 0 Å². The monoisotopic (exact) mass is 275 g/mol. The van der Waals surface area contributed by atoms with Crippen molar-refractivity contribution in [3.8, 4) is 5.88 Å². The Hall–Kier alpha value is -1.13. The molecule has 1 saturated carbocycles. The van der Waals surface area contributed by atoms with Gasteiger partial charge in [0.05, 0.1) is 7.11 Å². The Labute approximate surface area is 121 Å². The number of hydrogen-bond donors (Lipinski definition) is 1. The number of methoxy groups -OCH3 is 1. The fourth-order valence-electron chi connectivity index (χ4n) is 3.14. The average Bonchev–Trinajstić information content (AvgIpc) is 3.29. The van der Waals surface area contributed by atoms with Crippen LogP contribution in [-0.2, 0) is 6.54 Å². The van der Waals surface area contributed by atoms with E-state index in [9.17, 15) is 0 Å². The molecule has 4 heteroatoms. The second-order valence-electron chi connectivity index (χ2n) is 6.14. The summed E-state index contributed by atoms with van der Waals surface area (Å²) in [7, 11) is 1.70. The van der Waals surface area contributed by atoms with Crippen LogP contribution >= 0.6 is 0 Å². The van der Waals surface area contributed by atoms with E-state index in [-0.39, 0.29) is 0 Å². The van der Waals surface area contributed by atoms with Crippen LogP contribution in [0.1, 0.15) is 31.7 Å². The van der Waals surface area contributed by atoms with Crippen molar-refractivity contribution in [1.82, 2.24) is 15.2 Å². The van der Waals surface area contributed by atoms with E-state index >= 15 is 0 Å². The molecule has 1 aromatic heterocycles.